The number of hydrogen-bond acceptors (Lipinski definition) is 7. The van der Waals surface area contributed by atoms with Gasteiger partial charge in [-0.2, -0.15) is 5.26 Å². The summed E-state index contributed by atoms with van der Waals surface area (Å²) in [5.74, 6) is -1.38. The van der Waals surface area contributed by atoms with E-state index in [9.17, 15) is 19.6 Å². The van der Waals surface area contributed by atoms with Crippen LogP contribution in [0.5, 0.6) is 0 Å². The van der Waals surface area contributed by atoms with Crippen LogP contribution < -0.4 is 0 Å². The summed E-state index contributed by atoms with van der Waals surface area (Å²) in [6.45, 7) is 7.78. The Kier molecular flexibility index (Phi) is 4.08. The van der Waals surface area contributed by atoms with Gasteiger partial charge in [-0.3, -0.25) is 9.59 Å². The van der Waals surface area contributed by atoms with Crippen molar-refractivity contribution >= 4 is 17.9 Å². The highest BCUT2D eigenvalue weighted by Gasteiger charge is 2.72. The molecule has 7 nitrogen and oxygen atoms in total. The molecule has 1 aliphatic heterocycles. The number of esters is 3. The van der Waals surface area contributed by atoms with E-state index in [0.29, 0.717) is 18.8 Å². The molecule has 0 spiro atoms. The minimum absolute atomic E-state index is 0.0598. The van der Waals surface area contributed by atoms with Gasteiger partial charge in [0.05, 0.1) is 11.5 Å². The smallest absolute Gasteiger partial charge is 0.344 e. The van der Waals surface area contributed by atoms with E-state index in [0.717, 1.165) is 12.8 Å². The van der Waals surface area contributed by atoms with Gasteiger partial charge in [0.1, 0.15) is 12.2 Å². The van der Waals surface area contributed by atoms with Gasteiger partial charge < -0.3 is 14.2 Å². The van der Waals surface area contributed by atoms with E-state index in [1.807, 2.05) is 13.8 Å². The first-order valence-electron chi connectivity index (χ1n) is 10.1. The third-order valence-corrected chi connectivity index (χ3v) is 7.42. The average molecular weight is 389 g/mol. The number of carbonyl (C=O) groups is 3. The fourth-order valence-corrected chi connectivity index (χ4v) is 5.92. The van der Waals surface area contributed by atoms with E-state index in [-0.39, 0.29) is 23.2 Å². The number of fused-ring (bicyclic) bond motifs is 1. The summed E-state index contributed by atoms with van der Waals surface area (Å²) in [4.78, 5) is 37.1. The van der Waals surface area contributed by atoms with Crippen LogP contribution >= 0.6 is 0 Å². The lowest BCUT2D eigenvalue weighted by molar-refractivity contribution is -0.172. The zero-order valence-electron chi connectivity index (χ0n) is 16.8. The molecule has 4 fully saturated rings. The van der Waals surface area contributed by atoms with Gasteiger partial charge in [-0.1, -0.05) is 27.7 Å². The third kappa shape index (κ3) is 2.49. The Labute approximate surface area is 164 Å². The van der Waals surface area contributed by atoms with Gasteiger partial charge in [0, 0.05) is 11.8 Å². The number of nitrogens with zero attached hydrogens (tertiary/aromatic N) is 1. The first-order valence-corrected chi connectivity index (χ1v) is 10.1. The molecule has 6 unspecified atom stereocenters. The molecule has 1 saturated heterocycles. The fourth-order valence-electron chi connectivity index (χ4n) is 5.92. The summed E-state index contributed by atoms with van der Waals surface area (Å²) in [7, 11) is 0. The van der Waals surface area contributed by atoms with E-state index in [1.165, 1.54) is 0 Å². The largest absolute Gasteiger partial charge is 0.457 e. The summed E-state index contributed by atoms with van der Waals surface area (Å²) in [5, 5.41) is 9.42. The molecule has 7 heteroatoms. The van der Waals surface area contributed by atoms with Crippen molar-refractivity contribution in [3.05, 3.63) is 0 Å². The second kappa shape index (κ2) is 5.95. The summed E-state index contributed by atoms with van der Waals surface area (Å²) < 4.78 is 16.2. The maximum Gasteiger partial charge on any atom is 0.344 e. The normalized spacial score (nSPS) is 41.5. The molecule has 3 aliphatic carbocycles. The summed E-state index contributed by atoms with van der Waals surface area (Å²) in [6.07, 6.45) is 1.40. The number of ether oxygens (including phenoxy) is 3. The van der Waals surface area contributed by atoms with Crippen molar-refractivity contribution in [3.8, 4) is 6.07 Å². The highest BCUT2D eigenvalue weighted by Crippen LogP contribution is 2.67. The van der Waals surface area contributed by atoms with Crippen molar-refractivity contribution in [2.24, 2.45) is 34.0 Å². The Bertz CT molecular complexity index is 782. The molecule has 0 amide bonds. The minimum Gasteiger partial charge on any atom is -0.457 e. The van der Waals surface area contributed by atoms with Crippen LogP contribution in [0.3, 0.4) is 0 Å². The first-order chi connectivity index (χ1) is 13.1. The zero-order valence-corrected chi connectivity index (χ0v) is 16.8. The number of nitriles is 1. The van der Waals surface area contributed by atoms with Crippen molar-refractivity contribution < 1.29 is 28.6 Å². The molecule has 0 aromatic rings. The summed E-state index contributed by atoms with van der Waals surface area (Å²) in [6, 6.07) is 2.13. The molecular formula is C21H27NO6. The predicted octanol–water partition coefficient (Wildman–Crippen LogP) is 2.38. The van der Waals surface area contributed by atoms with Gasteiger partial charge in [-0.05, 0) is 37.0 Å². The van der Waals surface area contributed by atoms with Gasteiger partial charge in [0.2, 0.25) is 0 Å². The van der Waals surface area contributed by atoms with Crippen LogP contribution in [-0.4, -0.2) is 36.7 Å². The zero-order chi connectivity index (χ0) is 20.5. The van der Waals surface area contributed by atoms with E-state index in [2.05, 4.69) is 19.9 Å². The van der Waals surface area contributed by atoms with E-state index in [1.54, 1.807) is 0 Å². The molecule has 0 radical (unpaired) electrons. The number of carbonyl (C=O) groups excluding carboxylic acids is 3. The predicted molar refractivity (Wildman–Crippen MR) is 95.3 cm³/mol. The molecule has 1 heterocycles. The van der Waals surface area contributed by atoms with Crippen molar-refractivity contribution in [2.75, 3.05) is 6.61 Å². The Morgan fingerprint density at radius 1 is 1.36 bits per heavy atom. The van der Waals surface area contributed by atoms with Gasteiger partial charge in [0.25, 0.3) is 0 Å². The quantitative estimate of drug-likeness (QED) is 0.507. The average Bonchev–Trinajstić information content (AvgIpc) is 2.92. The minimum atomic E-state index is -1.06. The SMILES string of the molecule is CC(C)CC1(C(=O)OCC(=O)OC2C3CC4C2OC(=O)C4(C#N)C3)CC1(C)C. The maximum absolute atomic E-state index is 12.7. The molecule has 6 atom stereocenters. The maximum atomic E-state index is 12.7. The third-order valence-electron chi connectivity index (χ3n) is 7.42. The van der Waals surface area contributed by atoms with Crippen LogP contribution in [0.1, 0.15) is 53.4 Å². The van der Waals surface area contributed by atoms with Crippen molar-refractivity contribution in [3.63, 3.8) is 0 Å². The summed E-state index contributed by atoms with van der Waals surface area (Å²) >= 11 is 0. The topological polar surface area (TPSA) is 103 Å². The molecule has 0 aromatic heterocycles. The van der Waals surface area contributed by atoms with Gasteiger partial charge in [-0.15, -0.1) is 0 Å². The van der Waals surface area contributed by atoms with Crippen molar-refractivity contribution in [1.82, 2.24) is 0 Å². The lowest BCUT2D eigenvalue weighted by atomic mass is 9.75. The standard InChI is InChI=1S/C21H27NO6/c1-11(2)6-21(9-19(21,3)4)18(25)26-8-14(23)27-15-12-5-13-16(15)28-17(24)20(13,7-12)10-22/h11-13,15-16H,5-9H2,1-4H3. The summed E-state index contributed by atoms with van der Waals surface area (Å²) in [5.41, 5.74) is -1.71. The fraction of sp³-hybridized carbons (Fsp3) is 0.810. The highest BCUT2D eigenvalue weighted by atomic mass is 16.6. The molecule has 152 valence electrons. The monoisotopic (exact) mass is 389 g/mol. The Hall–Kier alpha value is -2.10. The molecule has 4 aliphatic rings. The molecule has 4 rings (SSSR count). The molecule has 0 aromatic carbocycles. The Morgan fingerprint density at radius 2 is 2.04 bits per heavy atom. The molecule has 3 saturated carbocycles. The molecule has 0 N–H and O–H groups in total. The van der Waals surface area contributed by atoms with Crippen LogP contribution in [0.15, 0.2) is 0 Å². The Morgan fingerprint density at radius 3 is 2.61 bits per heavy atom. The van der Waals surface area contributed by atoms with Gasteiger partial charge in [0.15, 0.2) is 12.0 Å². The van der Waals surface area contributed by atoms with Crippen LogP contribution in [0.4, 0.5) is 0 Å². The molecular weight excluding hydrogens is 362 g/mol. The van der Waals surface area contributed by atoms with E-state index in [4.69, 9.17) is 14.2 Å². The number of hydrogen-bond donors (Lipinski definition) is 0. The van der Waals surface area contributed by atoms with Crippen LogP contribution in [0.2, 0.25) is 0 Å². The number of rotatable bonds is 6. The van der Waals surface area contributed by atoms with Crippen LogP contribution in [0.25, 0.3) is 0 Å². The first kappa shape index (κ1) is 19.2. The van der Waals surface area contributed by atoms with Crippen LogP contribution in [0, 0.1) is 45.3 Å². The Balaban J connectivity index is 1.34. The van der Waals surface area contributed by atoms with E-state index >= 15 is 0 Å². The van der Waals surface area contributed by atoms with Crippen molar-refractivity contribution in [2.45, 2.75) is 65.6 Å². The second-order valence-corrected chi connectivity index (χ2v) is 10.0. The van der Waals surface area contributed by atoms with Crippen molar-refractivity contribution in [1.29, 1.82) is 5.26 Å². The lowest BCUT2D eigenvalue weighted by Crippen LogP contribution is -2.40. The van der Waals surface area contributed by atoms with E-state index < -0.39 is 41.6 Å². The van der Waals surface area contributed by atoms with Gasteiger partial charge >= 0.3 is 17.9 Å². The molecule has 2 bridgehead atoms. The lowest BCUT2D eigenvalue weighted by Gasteiger charge is -2.27. The highest BCUT2D eigenvalue weighted by molar-refractivity contribution is 5.85. The molecule has 28 heavy (non-hydrogen) atoms. The van der Waals surface area contributed by atoms with Gasteiger partial charge in [-0.25, -0.2) is 4.79 Å². The van der Waals surface area contributed by atoms with Crippen LogP contribution in [-0.2, 0) is 28.6 Å². The second-order valence-electron chi connectivity index (χ2n) is 10.0.